The highest BCUT2D eigenvalue weighted by molar-refractivity contribution is 5.71. The van der Waals surface area contributed by atoms with Crippen LogP contribution in [0.4, 0.5) is 17.6 Å². The van der Waals surface area contributed by atoms with Crippen molar-refractivity contribution in [3.63, 3.8) is 0 Å². The highest BCUT2D eigenvalue weighted by Crippen LogP contribution is 2.26. The van der Waals surface area contributed by atoms with Gasteiger partial charge in [0.1, 0.15) is 35.0 Å². The Labute approximate surface area is 149 Å². The summed E-state index contributed by atoms with van der Waals surface area (Å²) in [5.74, 6) is 1.27. The van der Waals surface area contributed by atoms with E-state index in [2.05, 4.69) is 37.7 Å². The summed E-state index contributed by atoms with van der Waals surface area (Å²) in [6.45, 7) is 0.876. The molecule has 26 heavy (non-hydrogen) atoms. The van der Waals surface area contributed by atoms with E-state index < -0.39 is 0 Å². The van der Waals surface area contributed by atoms with Gasteiger partial charge in [-0.25, -0.2) is 9.97 Å². The molecule has 4 N–H and O–H groups in total. The first-order valence-electron chi connectivity index (χ1n) is 7.67. The third-order valence-corrected chi connectivity index (χ3v) is 3.43. The van der Waals surface area contributed by atoms with Crippen LogP contribution in [-0.4, -0.2) is 28.0 Å². The maximum atomic E-state index is 9.48. The first kappa shape index (κ1) is 16.7. The molecule has 0 aliphatic rings. The Morgan fingerprint density at radius 2 is 1.85 bits per heavy atom. The van der Waals surface area contributed by atoms with Gasteiger partial charge in [-0.1, -0.05) is 0 Å². The molecular weight excluding hydrogens is 332 g/mol. The summed E-state index contributed by atoms with van der Waals surface area (Å²) in [7, 11) is 0. The first-order chi connectivity index (χ1) is 12.7. The van der Waals surface area contributed by atoms with Crippen LogP contribution in [0.25, 0.3) is 11.5 Å². The quantitative estimate of drug-likeness (QED) is 0.569. The van der Waals surface area contributed by atoms with Crippen molar-refractivity contribution in [3.05, 3.63) is 47.9 Å². The number of nitriles is 2. The van der Waals surface area contributed by atoms with Crippen LogP contribution in [0.2, 0.25) is 0 Å². The molecular formula is C17H14N8O. The van der Waals surface area contributed by atoms with Gasteiger partial charge in [-0.3, -0.25) is 0 Å². The predicted octanol–water partition coefficient (Wildman–Crippen LogP) is 1.98. The summed E-state index contributed by atoms with van der Waals surface area (Å²) in [4.78, 5) is 12.3. The lowest BCUT2D eigenvalue weighted by atomic mass is 10.2. The van der Waals surface area contributed by atoms with Crippen molar-refractivity contribution in [1.82, 2.24) is 15.0 Å². The topological polar surface area (TPSA) is 149 Å². The highest BCUT2D eigenvalue weighted by atomic mass is 16.3. The van der Waals surface area contributed by atoms with E-state index in [-0.39, 0.29) is 11.5 Å². The Kier molecular flexibility index (Phi) is 4.92. The molecule has 0 aliphatic heterocycles. The summed E-state index contributed by atoms with van der Waals surface area (Å²) < 4.78 is 5.31. The minimum Gasteiger partial charge on any atom is -0.463 e. The predicted molar refractivity (Wildman–Crippen MR) is 94.8 cm³/mol. The first-order valence-corrected chi connectivity index (χ1v) is 7.67. The standard InChI is InChI=1S/C17H14N8O/c18-9-11-3-1-5-21-15(11)22-6-7-23-16-12(10-19)14(24-17(20)25-16)13-4-2-8-26-13/h1-5,8H,6-7H2,(H,21,22)(H3,20,23,24,25). The van der Waals surface area contributed by atoms with E-state index in [1.165, 1.54) is 6.26 Å². The Morgan fingerprint density at radius 1 is 1.04 bits per heavy atom. The summed E-state index contributed by atoms with van der Waals surface area (Å²) >= 11 is 0. The minimum absolute atomic E-state index is 0.0300. The third-order valence-electron chi connectivity index (χ3n) is 3.43. The minimum atomic E-state index is 0.0300. The molecule has 0 amide bonds. The van der Waals surface area contributed by atoms with Crippen molar-refractivity contribution < 1.29 is 4.42 Å². The number of nitrogens with zero attached hydrogens (tertiary/aromatic N) is 5. The van der Waals surface area contributed by atoms with E-state index in [1.807, 2.05) is 0 Å². The molecule has 0 aromatic carbocycles. The molecule has 0 fully saturated rings. The molecule has 0 saturated heterocycles. The van der Waals surface area contributed by atoms with Gasteiger partial charge in [0.15, 0.2) is 5.76 Å². The van der Waals surface area contributed by atoms with E-state index in [1.54, 1.807) is 30.5 Å². The molecule has 0 bridgehead atoms. The molecule has 128 valence electrons. The second-order valence-electron chi connectivity index (χ2n) is 5.11. The van der Waals surface area contributed by atoms with Gasteiger partial charge in [0.25, 0.3) is 0 Å². The van der Waals surface area contributed by atoms with Crippen molar-refractivity contribution in [2.24, 2.45) is 0 Å². The van der Waals surface area contributed by atoms with Crippen LogP contribution in [-0.2, 0) is 0 Å². The van der Waals surface area contributed by atoms with Crippen LogP contribution in [0.3, 0.4) is 0 Å². The molecule has 0 unspecified atom stereocenters. The number of hydrogen-bond donors (Lipinski definition) is 3. The van der Waals surface area contributed by atoms with E-state index >= 15 is 0 Å². The SMILES string of the molecule is N#Cc1cccnc1NCCNc1nc(N)nc(-c2ccco2)c1C#N. The summed E-state index contributed by atoms with van der Waals surface area (Å²) in [5, 5.41) is 24.6. The second kappa shape index (κ2) is 7.64. The average Bonchev–Trinajstić information content (AvgIpc) is 3.19. The van der Waals surface area contributed by atoms with Crippen molar-refractivity contribution >= 4 is 17.6 Å². The fourth-order valence-corrected chi connectivity index (χ4v) is 2.30. The molecule has 0 radical (unpaired) electrons. The summed E-state index contributed by atoms with van der Waals surface area (Å²) in [6.07, 6.45) is 3.09. The van der Waals surface area contributed by atoms with Gasteiger partial charge in [0.05, 0.1) is 11.8 Å². The number of pyridine rings is 1. The number of aromatic nitrogens is 3. The maximum absolute atomic E-state index is 9.48. The van der Waals surface area contributed by atoms with E-state index in [0.717, 1.165) is 0 Å². The van der Waals surface area contributed by atoms with E-state index in [9.17, 15) is 5.26 Å². The van der Waals surface area contributed by atoms with Crippen LogP contribution in [0.15, 0.2) is 41.1 Å². The van der Waals surface area contributed by atoms with E-state index in [0.29, 0.717) is 41.7 Å². The zero-order chi connectivity index (χ0) is 18.4. The normalized spacial score (nSPS) is 9.92. The van der Waals surface area contributed by atoms with Crippen molar-refractivity contribution in [1.29, 1.82) is 10.5 Å². The number of rotatable bonds is 6. The summed E-state index contributed by atoms with van der Waals surface area (Å²) in [6, 6.07) is 10.9. The Hall–Kier alpha value is -4.11. The lowest BCUT2D eigenvalue weighted by Crippen LogP contribution is -2.17. The smallest absolute Gasteiger partial charge is 0.222 e. The fraction of sp³-hybridized carbons (Fsp3) is 0.118. The molecule has 0 atom stereocenters. The molecule has 0 spiro atoms. The average molecular weight is 346 g/mol. The lowest BCUT2D eigenvalue weighted by molar-refractivity contribution is 0.580. The number of anilines is 3. The molecule has 3 aromatic rings. The van der Waals surface area contributed by atoms with Gasteiger partial charge < -0.3 is 20.8 Å². The van der Waals surface area contributed by atoms with Gasteiger partial charge >= 0.3 is 0 Å². The molecule has 9 heteroatoms. The summed E-state index contributed by atoms with van der Waals surface area (Å²) in [5.41, 5.74) is 6.77. The molecule has 9 nitrogen and oxygen atoms in total. The van der Waals surface area contributed by atoms with Crippen LogP contribution in [0.1, 0.15) is 11.1 Å². The van der Waals surface area contributed by atoms with Crippen LogP contribution in [0, 0.1) is 22.7 Å². The molecule has 0 aliphatic carbocycles. The van der Waals surface area contributed by atoms with Gasteiger partial charge in [-0.15, -0.1) is 0 Å². The van der Waals surface area contributed by atoms with Gasteiger partial charge in [-0.2, -0.15) is 15.5 Å². The lowest BCUT2D eigenvalue weighted by Gasteiger charge is -2.11. The number of nitrogens with one attached hydrogen (secondary N) is 2. The Balaban J connectivity index is 1.72. The number of furan rings is 1. The Morgan fingerprint density at radius 3 is 2.54 bits per heavy atom. The van der Waals surface area contributed by atoms with Crippen molar-refractivity contribution in [3.8, 4) is 23.6 Å². The van der Waals surface area contributed by atoms with Crippen molar-refractivity contribution in [2.45, 2.75) is 0 Å². The number of nitrogen functional groups attached to an aromatic ring is 1. The Bertz CT molecular complexity index is 985. The molecule has 3 rings (SSSR count). The van der Waals surface area contributed by atoms with Gasteiger partial charge in [0, 0.05) is 19.3 Å². The number of nitrogens with two attached hydrogens (primary N) is 1. The molecule has 3 aromatic heterocycles. The van der Waals surface area contributed by atoms with Crippen molar-refractivity contribution in [2.75, 3.05) is 29.5 Å². The van der Waals surface area contributed by atoms with E-state index in [4.69, 9.17) is 15.4 Å². The van der Waals surface area contributed by atoms with Gasteiger partial charge in [-0.05, 0) is 24.3 Å². The third kappa shape index (κ3) is 3.52. The number of hydrogen-bond acceptors (Lipinski definition) is 9. The largest absolute Gasteiger partial charge is 0.463 e. The second-order valence-corrected chi connectivity index (χ2v) is 5.11. The van der Waals surface area contributed by atoms with Gasteiger partial charge in [0.2, 0.25) is 5.95 Å². The maximum Gasteiger partial charge on any atom is 0.222 e. The zero-order valence-corrected chi connectivity index (χ0v) is 13.6. The van der Waals surface area contributed by atoms with Crippen LogP contribution in [0.5, 0.6) is 0 Å². The monoisotopic (exact) mass is 346 g/mol. The fourth-order valence-electron chi connectivity index (χ4n) is 2.30. The molecule has 0 saturated carbocycles. The van der Waals surface area contributed by atoms with Crippen LogP contribution < -0.4 is 16.4 Å². The highest BCUT2D eigenvalue weighted by Gasteiger charge is 2.16. The van der Waals surface area contributed by atoms with Crippen LogP contribution >= 0.6 is 0 Å². The zero-order valence-electron chi connectivity index (χ0n) is 13.6. The molecule has 3 heterocycles.